The van der Waals surface area contributed by atoms with Gasteiger partial charge >= 0.3 is 0 Å². The molecule has 3 aromatic rings. The van der Waals surface area contributed by atoms with Crippen molar-refractivity contribution >= 4 is 40.1 Å². The van der Waals surface area contributed by atoms with Crippen LogP contribution in [0.4, 0.5) is 35.1 Å². The third-order valence-electron chi connectivity index (χ3n) is 9.17. The number of H-pyrrole nitrogens is 1. The summed E-state index contributed by atoms with van der Waals surface area (Å²) < 4.78 is 127. The smallest absolute Gasteiger partial charge is 0.170 e. The van der Waals surface area contributed by atoms with Crippen LogP contribution >= 0.6 is 0 Å². The Hall–Kier alpha value is -5.63. The highest BCUT2D eigenvalue weighted by atomic mass is 19.2. The summed E-state index contributed by atoms with van der Waals surface area (Å²) in [6, 6.07) is -0.347. The second-order valence-electron chi connectivity index (χ2n) is 12.6. The van der Waals surface area contributed by atoms with Gasteiger partial charge in [0.05, 0.1) is 87.1 Å². The maximum absolute atomic E-state index is 16.1. The number of benzene rings is 2. The first-order chi connectivity index (χ1) is 26.2. The van der Waals surface area contributed by atoms with Gasteiger partial charge in [0.25, 0.3) is 0 Å². The molecular formula is C37H26F8N6O4. The van der Waals surface area contributed by atoms with Gasteiger partial charge in [-0.2, -0.15) is 0 Å². The monoisotopic (exact) mass is 770 g/mol. The zero-order valence-electron chi connectivity index (χ0n) is 27.7. The van der Waals surface area contributed by atoms with Gasteiger partial charge in [-0.1, -0.05) is 0 Å². The van der Waals surface area contributed by atoms with Gasteiger partial charge in [0, 0.05) is 16.5 Å². The van der Waals surface area contributed by atoms with E-state index in [-0.39, 0.29) is 22.8 Å². The molecule has 7 rings (SSSR count). The molecule has 0 saturated carbocycles. The Labute approximate surface area is 303 Å². The number of nitrogens with two attached hydrogens (primary N) is 2. The maximum atomic E-state index is 16.1. The van der Waals surface area contributed by atoms with Gasteiger partial charge in [0.1, 0.15) is 12.2 Å². The van der Waals surface area contributed by atoms with Gasteiger partial charge < -0.3 is 36.9 Å². The average molecular weight is 771 g/mol. The minimum absolute atomic E-state index is 0.173. The van der Waals surface area contributed by atoms with E-state index in [1.807, 2.05) is 0 Å². The lowest BCUT2D eigenvalue weighted by Crippen LogP contribution is -2.33. The molecule has 8 bridgehead atoms. The Morgan fingerprint density at radius 3 is 1.44 bits per heavy atom. The van der Waals surface area contributed by atoms with E-state index in [1.54, 1.807) is 12.1 Å². The van der Waals surface area contributed by atoms with Crippen LogP contribution in [0.15, 0.2) is 75.0 Å². The first-order valence-electron chi connectivity index (χ1n) is 16.2. The average Bonchev–Trinajstić information content (AvgIpc) is 4.01. The Kier molecular flexibility index (Phi) is 9.74. The van der Waals surface area contributed by atoms with Gasteiger partial charge in [-0.25, -0.2) is 50.1 Å². The van der Waals surface area contributed by atoms with Crippen LogP contribution in [0.3, 0.4) is 0 Å². The molecule has 4 aliphatic heterocycles. The molecule has 0 fully saturated rings. The number of hydrogen-bond acceptors (Lipinski definition) is 9. The van der Waals surface area contributed by atoms with Crippen LogP contribution in [0.5, 0.6) is 0 Å². The quantitative estimate of drug-likeness (QED) is 0.136. The first kappa shape index (κ1) is 37.7. The lowest BCUT2D eigenvalue weighted by Gasteiger charge is -2.21. The van der Waals surface area contributed by atoms with Crippen molar-refractivity contribution in [2.45, 2.75) is 24.3 Å². The van der Waals surface area contributed by atoms with Crippen molar-refractivity contribution in [2.75, 3.05) is 13.2 Å². The number of halogens is 8. The summed E-state index contributed by atoms with van der Waals surface area (Å²) in [4.78, 5) is 16.0. The van der Waals surface area contributed by atoms with Gasteiger partial charge in [-0.05, 0) is 54.7 Å². The third-order valence-corrected chi connectivity index (χ3v) is 9.17. The van der Waals surface area contributed by atoms with Crippen molar-refractivity contribution in [1.82, 2.24) is 4.98 Å². The largest absolute Gasteiger partial charge is 0.395 e. The molecule has 4 atom stereocenters. The molecule has 4 unspecified atom stereocenters. The molecule has 9 N–H and O–H groups in total. The van der Waals surface area contributed by atoms with Crippen LogP contribution in [0.2, 0.25) is 0 Å². The van der Waals surface area contributed by atoms with Gasteiger partial charge in [0.15, 0.2) is 46.5 Å². The number of aromatic amines is 1. The SMILES string of the molecule is NC(CO)C(O)c1c(F)c(F)c(C2=C3C=CC(=N3)C=c3ccc([nH]3)=C3C=CC(=N3)C(c3c(F)c(F)c(C(O)C(N)CO)c(F)c3F)=C3C=CC2=N3)c(F)c1F. The van der Waals surface area contributed by atoms with Crippen molar-refractivity contribution in [1.29, 1.82) is 0 Å². The summed E-state index contributed by atoms with van der Waals surface area (Å²) in [7, 11) is 0. The van der Waals surface area contributed by atoms with E-state index in [1.165, 1.54) is 30.4 Å². The minimum Gasteiger partial charge on any atom is -0.395 e. The van der Waals surface area contributed by atoms with E-state index in [2.05, 4.69) is 20.0 Å². The molecule has 0 aliphatic carbocycles. The van der Waals surface area contributed by atoms with Crippen LogP contribution in [0.1, 0.15) is 34.5 Å². The van der Waals surface area contributed by atoms with Crippen LogP contribution in [-0.2, 0) is 0 Å². The Morgan fingerprint density at radius 1 is 0.545 bits per heavy atom. The zero-order chi connectivity index (χ0) is 39.6. The topological polar surface area (TPSA) is 186 Å². The summed E-state index contributed by atoms with van der Waals surface area (Å²) in [5.74, 6) is -16.5. The second kappa shape index (κ2) is 14.2. The third kappa shape index (κ3) is 6.12. The molecule has 1 aromatic heterocycles. The molecule has 0 radical (unpaired) electrons. The highest BCUT2D eigenvalue weighted by Gasteiger charge is 2.38. The molecule has 284 valence electrons. The number of aromatic nitrogens is 1. The highest BCUT2D eigenvalue weighted by molar-refractivity contribution is 6.36. The van der Waals surface area contributed by atoms with Crippen molar-refractivity contribution in [3.8, 4) is 0 Å². The normalized spacial score (nSPS) is 18.3. The molecule has 5 heterocycles. The lowest BCUT2D eigenvalue weighted by atomic mass is 9.93. The Morgan fingerprint density at radius 2 is 0.964 bits per heavy atom. The van der Waals surface area contributed by atoms with E-state index < -0.39 is 129 Å². The van der Waals surface area contributed by atoms with Crippen molar-refractivity contribution < 1.29 is 55.5 Å². The van der Waals surface area contributed by atoms with E-state index in [4.69, 9.17) is 11.5 Å². The van der Waals surface area contributed by atoms with Gasteiger partial charge in [-0.3, -0.25) is 0 Å². The molecule has 0 saturated heterocycles. The number of rotatable bonds is 8. The van der Waals surface area contributed by atoms with E-state index in [0.717, 1.165) is 12.2 Å². The molecule has 0 amide bonds. The number of fused-ring (bicyclic) bond motifs is 5. The lowest BCUT2D eigenvalue weighted by molar-refractivity contribution is 0.101. The van der Waals surface area contributed by atoms with E-state index >= 15 is 35.1 Å². The van der Waals surface area contributed by atoms with E-state index in [9.17, 15) is 20.4 Å². The Bertz CT molecular complexity index is 2530. The second-order valence-corrected chi connectivity index (χ2v) is 12.6. The Balaban J connectivity index is 1.56. The maximum Gasteiger partial charge on any atom is 0.170 e. The van der Waals surface area contributed by atoms with Crippen molar-refractivity contribution in [3.05, 3.63) is 139 Å². The predicted octanol–water partition coefficient (Wildman–Crippen LogP) is 2.59. The van der Waals surface area contributed by atoms with Crippen LogP contribution in [0, 0.1) is 46.5 Å². The molecular weight excluding hydrogens is 744 g/mol. The van der Waals surface area contributed by atoms with E-state index in [0.29, 0.717) is 10.7 Å². The number of aliphatic hydroxyl groups is 4. The number of nitrogens with one attached hydrogen (secondary N) is 1. The minimum atomic E-state index is -2.40. The molecule has 0 spiro atoms. The van der Waals surface area contributed by atoms with Crippen molar-refractivity contribution in [2.24, 2.45) is 26.4 Å². The summed E-state index contributed by atoms with van der Waals surface area (Å²) in [5.41, 5.74) is 2.43. The predicted molar refractivity (Wildman–Crippen MR) is 184 cm³/mol. The number of aliphatic hydroxyl groups excluding tert-OH is 4. The van der Waals surface area contributed by atoms with Crippen LogP contribution in [-0.4, -0.2) is 67.8 Å². The number of hydrogen-bond donors (Lipinski definition) is 7. The summed E-state index contributed by atoms with van der Waals surface area (Å²) in [5, 5.41) is 40.0. The number of nitrogens with zero attached hydrogens (tertiary/aromatic N) is 3. The molecule has 55 heavy (non-hydrogen) atoms. The van der Waals surface area contributed by atoms with Gasteiger partial charge in [-0.15, -0.1) is 0 Å². The fraction of sp³-hybridized carbons (Fsp3) is 0.162. The van der Waals surface area contributed by atoms with Crippen LogP contribution < -0.4 is 22.2 Å². The molecule has 2 aromatic carbocycles. The fourth-order valence-corrected chi connectivity index (χ4v) is 6.35. The standard InChI is InChI=1S/C37H26F8N6O4/c38-28-24(29(39)33(43)26(32(28)42)36(54)14(46)10-52)22-18-4-2-13(49-18)9-12-1-3-16(48-12)17-5-6-19(50-17)23(21-8-7-20(22)51-21)25-30(40)34(44)27(35(45)31(25)41)37(55)15(47)11-53/h1-9,14-15,36-37,48,52-55H,10-11,46-47H2. The number of allylic oxidation sites excluding steroid dienone is 7. The number of aliphatic imine (C=N–C) groups is 3. The fourth-order valence-electron chi connectivity index (χ4n) is 6.35. The highest BCUT2D eigenvalue weighted by Crippen LogP contribution is 2.41. The van der Waals surface area contributed by atoms with Gasteiger partial charge in [0.2, 0.25) is 0 Å². The molecule has 4 aliphatic rings. The van der Waals surface area contributed by atoms with Crippen LogP contribution in [0.25, 0.3) is 22.9 Å². The molecule has 18 heteroatoms. The zero-order valence-corrected chi connectivity index (χ0v) is 27.7. The summed E-state index contributed by atoms with van der Waals surface area (Å²) in [6.45, 7) is -2.04. The molecule has 10 nitrogen and oxygen atoms in total. The summed E-state index contributed by atoms with van der Waals surface area (Å²) in [6.07, 6.45) is 3.98. The first-order valence-corrected chi connectivity index (χ1v) is 16.2. The summed E-state index contributed by atoms with van der Waals surface area (Å²) >= 11 is 0. The van der Waals surface area contributed by atoms with Crippen molar-refractivity contribution in [3.63, 3.8) is 0 Å².